The second-order valence-corrected chi connectivity index (χ2v) is 10.7. The Balaban J connectivity index is 1.74. The molecule has 0 unspecified atom stereocenters. The maximum Gasteiger partial charge on any atom is 0.269 e. The predicted molar refractivity (Wildman–Crippen MR) is 139 cm³/mol. The smallest absolute Gasteiger partial charge is 0.269 e. The van der Waals surface area contributed by atoms with Crippen molar-refractivity contribution in [3.05, 3.63) is 93.9 Å². The summed E-state index contributed by atoms with van der Waals surface area (Å²) in [6.07, 6.45) is 13.2. The van der Waals surface area contributed by atoms with Crippen LogP contribution in [0.15, 0.2) is 65.8 Å². The molecule has 1 aromatic rings. The molecule has 34 heavy (non-hydrogen) atoms. The van der Waals surface area contributed by atoms with E-state index < -0.39 is 0 Å². The van der Waals surface area contributed by atoms with E-state index >= 15 is 0 Å². The van der Waals surface area contributed by atoms with Crippen molar-refractivity contribution in [1.82, 2.24) is 0 Å². The van der Waals surface area contributed by atoms with E-state index in [1.807, 2.05) is 18.2 Å². The van der Waals surface area contributed by atoms with Gasteiger partial charge in [0.15, 0.2) is 0 Å². The molecular formula is C30H33N3O. The fourth-order valence-electron chi connectivity index (χ4n) is 5.06. The lowest BCUT2D eigenvalue weighted by Gasteiger charge is -2.48. The van der Waals surface area contributed by atoms with Gasteiger partial charge >= 0.3 is 0 Å². The van der Waals surface area contributed by atoms with Gasteiger partial charge in [0.1, 0.15) is 11.5 Å². The summed E-state index contributed by atoms with van der Waals surface area (Å²) < 4.78 is 6.09. The first-order valence-corrected chi connectivity index (χ1v) is 12.0. The van der Waals surface area contributed by atoms with E-state index in [1.54, 1.807) is 12.2 Å². The number of anilines is 1. The van der Waals surface area contributed by atoms with Crippen LogP contribution in [0.2, 0.25) is 0 Å². The van der Waals surface area contributed by atoms with Gasteiger partial charge in [-0.1, -0.05) is 39.8 Å². The fraction of sp³-hybridized carbons (Fsp3) is 0.400. The van der Waals surface area contributed by atoms with Crippen LogP contribution >= 0.6 is 0 Å². The zero-order chi connectivity index (χ0) is 24.5. The highest BCUT2D eigenvalue weighted by molar-refractivity contribution is 5.72. The lowest BCUT2D eigenvalue weighted by molar-refractivity contribution is 0.301. The Bertz CT molecular complexity index is 1170. The van der Waals surface area contributed by atoms with E-state index in [2.05, 4.69) is 62.2 Å². The van der Waals surface area contributed by atoms with Crippen LogP contribution in [0.25, 0.3) is 10.9 Å². The van der Waals surface area contributed by atoms with Crippen LogP contribution in [0, 0.1) is 17.9 Å². The normalized spacial score (nSPS) is 21.4. The maximum absolute atomic E-state index is 9.37. The van der Waals surface area contributed by atoms with Crippen molar-refractivity contribution in [1.29, 1.82) is 5.26 Å². The average Bonchev–Trinajstić information content (AvgIpc) is 2.81. The predicted octanol–water partition coefficient (Wildman–Crippen LogP) is 7.33. The van der Waals surface area contributed by atoms with E-state index in [9.17, 15) is 5.26 Å². The summed E-state index contributed by atoms with van der Waals surface area (Å²) in [7, 11) is 0. The summed E-state index contributed by atoms with van der Waals surface area (Å²) in [4.78, 5) is 5.96. The average molecular weight is 452 g/mol. The van der Waals surface area contributed by atoms with E-state index in [0.717, 1.165) is 43.7 Å². The van der Waals surface area contributed by atoms with E-state index in [-0.39, 0.29) is 16.5 Å². The molecule has 0 spiro atoms. The second-order valence-electron chi connectivity index (χ2n) is 10.7. The largest absolute Gasteiger partial charge is 0.462 e. The summed E-state index contributed by atoms with van der Waals surface area (Å²) in [5.41, 5.74) is 6.38. The molecule has 174 valence electrons. The van der Waals surface area contributed by atoms with Crippen LogP contribution in [0.1, 0.15) is 70.1 Å². The monoisotopic (exact) mass is 451 g/mol. The van der Waals surface area contributed by atoms with Crippen molar-refractivity contribution in [2.45, 2.75) is 64.2 Å². The first kappa shape index (κ1) is 23.7. The Morgan fingerprint density at radius 3 is 2.35 bits per heavy atom. The standard InChI is InChI=1S/C30H33N3O/c1-7-8-9-23-18-22(27(20-31)32-6)19-24(34-23)11-10-21-16-25-28-26(17-21)30(4,5)13-15-33(28)14-12-29(25,2)3/h7,10-11,16-19H,1,8-9,12-15H2,2-5H3. The SMILES string of the molecule is [C-]#[N+]C(C#N)=C1C=C(C=Cc2cc3c4c(c2)C(C)(C)CCN4CCC3(C)C)OC(CCC=C)=C1. The molecule has 3 heterocycles. The van der Waals surface area contributed by atoms with Gasteiger partial charge in [0.2, 0.25) is 0 Å². The lowest BCUT2D eigenvalue weighted by Crippen LogP contribution is -2.44. The van der Waals surface area contributed by atoms with E-state index in [0.29, 0.717) is 17.8 Å². The van der Waals surface area contributed by atoms with E-state index in [1.165, 1.54) is 16.8 Å². The molecule has 0 aliphatic carbocycles. The van der Waals surface area contributed by atoms with Gasteiger partial charge in [-0.3, -0.25) is 0 Å². The number of nitrogens with zero attached hydrogens (tertiary/aromatic N) is 3. The van der Waals surface area contributed by atoms with Crippen LogP contribution < -0.4 is 4.90 Å². The number of hydrogen-bond donors (Lipinski definition) is 0. The number of nitriles is 1. The zero-order valence-corrected chi connectivity index (χ0v) is 20.7. The van der Waals surface area contributed by atoms with Gasteiger partial charge in [-0.2, -0.15) is 0 Å². The lowest BCUT2D eigenvalue weighted by atomic mass is 9.69. The molecule has 3 aliphatic heterocycles. The Kier molecular flexibility index (Phi) is 6.28. The zero-order valence-electron chi connectivity index (χ0n) is 20.7. The maximum atomic E-state index is 9.37. The van der Waals surface area contributed by atoms with Gasteiger partial charge in [-0.05, 0) is 82.7 Å². The molecule has 0 N–H and O–H groups in total. The first-order chi connectivity index (χ1) is 16.2. The van der Waals surface area contributed by atoms with Gasteiger partial charge < -0.3 is 9.64 Å². The molecule has 0 atom stereocenters. The van der Waals surface area contributed by atoms with Crippen molar-refractivity contribution in [3.8, 4) is 6.07 Å². The summed E-state index contributed by atoms with van der Waals surface area (Å²) in [6.45, 7) is 22.8. The molecule has 1 aromatic carbocycles. The third-order valence-electron chi connectivity index (χ3n) is 7.31. The molecule has 0 fully saturated rings. The van der Waals surface area contributed by atoms with Crippen LogP contribution in [0.5, 0.6) is 0 Å². The van der Waals surface area contributed by atoms with Gasteiger partial charge in [0.25, 0.3) is 5.70 Å². The molecule has 0 aromatic heterocycles. The van der Waals surface area contributed by atoms with Crippen molar-refractivity contribution in [2.75, 3.05) is 18.0 Å². The topological polar surface area (TPSA) is 40.6 Å². The molecule has 4 nitrogen and oxygen atoms in total. The second kappa shape index (κ2) is 9.03. The Morgan fingerprint density at radius 1 is 1.15 bits per heavy atom. The number of allylic oxidation sites excluding steroid dienone is 7. The number of rotatable bonds is 5. The first-order valence-electron chi connectivity index (χ1n) is 12.0. The molecule has 0 bridgehead atoms. The van der Waals surface area contributed by atoms with Crippen LogP contribution in [0.3, 0.4) is 0 Å². The summed E-state index contributed by atoms with van der Waals surface area (Å²) in [5.74, 6) is 1.38. The van der Waals surface area contributed by atoms with Gasteiger partial charge in [-0.15, -0.1) is 6.58 Å². The molecule has 4 heteroatoms. The van der Waals surface area contributed by atoms with Crippen molar-refractivity contribution in [3.63, 3.8) is 0 Å². The highest BCUT2D eigenvalue weighted by atomic mass is 16.5. The molecule has 0 saturated heterocycles. The van der Waals surface area contributed by atoms with Crippen molar-refractivity contribution >= 4 is 11.8 Å². The Morgan fingerprint density at radius 2 is 1.79 bits per heavy atom. The molecule has 4 rings (SSSR count). The van der Waals surface area contributed by atoms with Crippen LogP contribution in [-0.2, 0) is 15.6 Å². The summed E-state index contributed by atoms with van der Waals surface area (Å²) in [6, 6.07) is 6.66. The minimum absolute atomic E-state index is 0.0760. The minimum Gasteiger partial charge on any atom is -0.462 e. The number of ether oxygens (including phenoxy) is 1. The molecule has 0 amide bonds. The third-order valence-corrected chi connectivity index (χ3v) is 7.31. The van der Waals surface area contributed by atoms with Crippen LogP contribution in [0.4, 0.5) is 5.69 Å². The number of benzene rings is 1. The number of hydrogen-bond acceptors (Lipinski definition) is 3. The molecule has 0 saturated carbocycles. The molecular weight excluding hydrogens is 418 g/mol. The minimum atomic E-state index is 0.0760. The van der Waals surface area contributed by atoms with E-state index in [4.69, 9.17) is 11.3 Å². The highest BCUT2D eigenvalue weighted by Crippen LogP contribution is 2.49. The molecule has 0 radical (unpaired) electrons. The molecule has 3 aliphatic rings. The third kappa shape index (κ3) is 4.46. The van der Waals surface area contributed by atoms with Crippen molar-refractivity contribution in [2.24, 2.45) is 0 Å². The van der Waals surface area contributed by atoms with Crippen LogP contribution in [-0.4, -0.2) is 13.1 Å². The summed E-state index contributed by atoms with van der Waals surface area (Å²) in [5, 5.41) is 9.37. The summed E-state index contributed by atoms with van der Waals surface area (Å²) >= 11 is 0. The van der Waals surface area contributed by atoms with Crippen molar-refractivity contribution < 1.29 is 4.74 Å². The van der Waals surface area contributed by atoms with Gasteiger partial charge in [0, 0.05) is 25.2 Å². The Hall–Kier alpha value is -3.50. The Labute approximate surface area is 204 Å². The van der Waals surface area contributed by atoms with Gasteiger partial charge in [0.05, 0.1) is 12.6 Å². The highest BCUT2D eigenvalue weighted by Gasteiger charge is 2.39. The quantitative estimate of drug-likeness (QED) is 0.267. The fourth-order valence-corrected chi connectivity index (χ4v) is 5.06. The van der Waals surface area contributed by atoms with Gasteiger partial charge in [-0.25, -0.2) is 10.1 Å².